The minimum absolute atomic E-state index is 0.196. The summed E-state index contributed by atoms with van der Waals surface area (Å²) in [5.74, 6) is 0.102. The van der Waals surface area contributed by atoms with E-state index in [1.807, 2.05) is 18.2 Å². The molecule has 0 aliphatic carbocycles. The van der Waals surface area contributed by atoms with E-state index < -0.39 is 0 Å². The molecular weight excluding hydrogens is 228 g/mol. The van der Waals surface area contributed by atoms with Gasteiger partial charge in [0.05, 0.1) is 6.61 Å². The Labute approximate surface area is 109 Å². The summed E-state index contributed by atoms with van der Waals surface area (Å²) in [5, 5.41) is 8.87. The van der Waals surface area contributed by atoms with E-state index in [2.05, 4.69) is 12.1 Å². The van der Waals surface area contributed by atoms with Crippen LogP contribution in [0, 0.1) is 5.92 Å². The summed E-state index contributed by atoms with van der Waals surface area (Å²) in [7, 11) is 0. The van der Waals surface area contributed by atoms with Gasteiger partial charge in [-0.3, -0.25) is 4.79 Å². The molecule has 100 valence electrons. The first kappa shape index (κ1) is 14.7. The highest BCUT2D eigenvalue weighted by molar-refractivity contribution is 5.65. The quantitative estimate of drug-likeness (QED) is 0.721. The van der Waals surface area contributed by atoms with Crippen LogP contribution in [-0.2, 0) is 16.0 Å². The van der Waals surface area contributed by atoms with E-state index in [1.165, 1.54) is 12.5 Å². The van der Waals surface area contributed by atoms with Crippen LogP contribution < -0.4 is 0 Å². The molecule has 1 unspecified atom stereocenters. The molecule has 18 heavy (non-hydrogen) atoms. The van der Waals surface area contributed by atoms with Crippen molar-refractivity contribution >= 4 is 5.97 Å². The molecule has 0 aromatic heterocycles. The normalized spacial score (nSPS) is 12.1. The lowest BCUT2D eigenvalue weighted by molar-refractivity contribution is -0.142. The highest BCUT2D eigenvalue weighted by Gasteiger charge is 2.10. The van der Waals surface area contributed by atoms with Crippen molar-refractivity contribution in [3.63, 3.8) is 0 Å². The lowest BCUT2D eigenvalue weighted by atomic mass is 9.96. The van der Waals surface area contributed by atoms with Crippen LogP contribution in [-0.4, -0.2) is 24.3 Å². The van der Waals surface area contributed by atoms with Crippen molar-refractivity contribution in [1.29, 1.82) is 0 Å². The van der Waals surface area contributed by atoms with E-state index >= 15 is 0 Å². The monoisotopic (exact) mass is 250 g/mol. The molecule has 1 aromatic carbocycles. The average Bonchev–Trinajstić information content (AvgIpc) is 2.39. The lowest BCUT2D eigenvalue weighted by Crippen LogP contribution is -2.14. The SMILES string of the molecule is CC(=O)OCC(CCCO)CCc1ccccc1. The maximum Gasteiger partial charge on any atom is 0.302 e. The van der Waals surface area contributed by atoms with Gasteiger partial charge in [-0.05, 0) is 37.2 Å². The summed E-state index contributed by atoms with van der Waals surface area (Å²) in [6.45, 7) is 2.09. The Kier molecular flexibility index (Phi) is 7.11. The fraction of sp³-hybridized carbons (Fsp3) is 0.533. The number of esters is 1. The van der Waals surface area contributed by atoms with Crippen molar-refractivity contribution in [1.82, 2.24) is 0 Å². The molecule has 1 atom stereocenters. The molecule has 0 aliphatic heterocycles. The van der Waals surface area contributed by atoms with Crippen LogP contribution >= 0.6 is 0 Å². The Morgan fingerprint density at radius 1 is 1.28 bits per heavy atom. The van der Waals surface area contributed by atoms with E-state index in [4.69, 9.17) is 9.84 Å². The number of ether oxygens (including phenoxy) is 1. The number of hydrogen-bond acceptors (Lipinski definition) is 3. The first-order chi connectivity index (χ1) is 8.72. The third kappa shape index (κ3) is 6.40. The Balaban J connectivity index is 2.37. The van der Waals surface area contributed by atoms with E-state index in [-0.39, 0.29) is 12.6 Å². The average molecular weight is 250 g/mol. The van der Waals surface area contributed by atoms with Gasteiger partial charge < -0.3 is 9.84 Å². The molecule has 0 bridgehead atoms. The molecule has 3 nitrogen and oxygen atoms in total. The Hall–Kier alpha value is -1.35. The van der Waals surface area contributed by atoms with Crippen molar-refractivity contribution in [3.8, 4) is 0 Å². The highest BCUT2D eigenvalue weighted by atomic mass is 16.5. The first-order valence-electron chi connectivity index (χ1n) is 6.50. The van der Waals surface area contributed by atoms with Crippen LogP contribution in [0.5, 0.6) is 0 Å². The number of carbonyl (C=O) groups excluding carboxylic acids is 1. The zero-order valence-electron chi connectivity index (χ0n) is 11.0. The van der Waals surface area contributed by atoms with E-state index in [1.54, 1.807) is 0 Å². The second-order valence-corrected chi connectivity index (χ2v) is 4.56. The molecule has 0 aliphatic rings. The van der Waals surface area contributed by atoms with Crippen LogP contribution in [0.3, 0.4) is 0 Å². The minimum Gasteiger partial charge on any atom is -0.466 e. The van der Waals surface area contributed by atoms with Gasteiger partial charge in [-0.25, -0.2) is 0 Å². The van der Waals surface area contributed by atoms with E-state index in [0.717, 1.165) is 25.7 Å². The molecule has 0 amide bonds. The van der Waals surface area contributed by atoms with E-state index in [0.29, 0.717) is 12.5 Å². The third-order valence-corrected chi connectivity index (χ3v) is 2.98. The lowest BCUT2D eigenvalue weighted by Gasteiger charge is -2.16. The topological polar surface area (TPSA) is 46.5 Å². The summed E-state index contributed by atoms with van der Waals surface area (Å²) in [6, 6.07) is 10.3. The van der Waals surface area contributed by atoms with Crippen LogP contribution in [0.4, 0.5) is 0 Å². The number of rotatable bonds is 8. The fourth-order valence-corrected chi connectivity index (χ4v) is 1.94. The number of carbonyl (C=O) groups is 1. The molecule has 0 spiro atoms. The van der Waals surface area contributed by atoms with Crippen LogP contribution in [0.2, 0.25) is 0 Å². The van der Waals surface area contributed by atoms with Gasteiger partial charge in [0.2, 0.25) is 0 Å². The first-order valence-corrected chi connectivity index (χ1v) is 6.50. The summed E-state index contributed by atoms with van der Waals surface area (Å²) in [5.41, 5.74) is 1.30. The van der Waals surface area contributed by atoms with Gasteiger partial charge in [0.25, 0.3) is 0 Å². The predicted molar refractivity (Wildman–Crippen MR) is 71.2 cm³/mol. The standard InChI is InChI=1S/C15H22O3/c1-13(17)18-12-15(8-5-11-16)10-9-14-6-3-2-4-7-14/h2-4,6-7,15-16H,5,8-12H2,1H3. The van der Waals surface area contributed by atoms with Gasteiger partial charge in [0.1, 0.15) is 0 Å². The number of aliphatic hydroxyl groups excluding tert-OH is 1. The van der Waals surface area contributed by atoms with Gasteiger partial charge in [0, 0.05) is 13.5 Å². The Bertz CT molecular complexity index is 335. The Morgan fingerprint density at radius 3 is 2.61 bits per heavy atom. The summed E-state index contributed by atoms with van der Waals surface area (Å²) in [4.78, 5) is 10.8. The largest absolute Gasteiger partial charge is 0.466 e. The number of benzene rings is 1. The molecule has 0 saturated carbocycles. The van der Waals surface area contributed by atoms with Gasteiger partial charge in [-0.2, -0.15) is 0 Å². The molecular formula is C15H22O3. The van der Waals surface area contributed by atoms with Gasteiger partial charge in [0.15, 0.2) is 0 Å². The molecule has 1 N–H and O–H groups in total. The maximum atomic E-state index is 10.8. The molecule has 0 fully saturated rings. The zero-order chi connectivity index (χ0) is 13.2. The van der Waals surface area contributed by atoms with Crippen molar-refractivity contribution in [2.45, 2.75) is 32.6 Å². The molecule has 1 aromatic rings. The molecule has 3 heteroatoms. The smallest absolute Gasteiger partial charge is 0.302 e. The predicted octanol–water partition coefficient (Wildman–Crippen LogP) is 2.57. The molecule has 0 heterocycles. The summed E-state index contributed by atoms with van der Waals surface area (Å²) >= 11 is 0. The number of hydrogen-bond donors (Lipinski definition) is 1. The summed E-state index contributed by atoms with van der Waals surface area (Å²) in [6.07, 6.45) is 3.63. The fourth-order valence-electron chi connectivity index (χ4n) is 1.94. The molecule has 1 rings (SSSR count). The maximum absolute atomic E-state index is 10.8. The van der Waals surface area contributed by atoms with Crippen LogP contribution in [0.15, 0.2) is 30.3 Å². The van der Waals surface area contributed by atoms with Crippen LogP contribution in [0.25, 0.3) is 0 Å². The van der Waals surface area contributed by atoms with Crippen molar-refractivity contribution in [2.24, 2.45) is 5.92 Å². The number of aryl methyl sites for hydroxylation is 1. The minimum atomic E-state index is -0.233. The van der Waals surface area contributed by atoms with Crippen molar-refractivity contribution < 1.29 is 14.6 Å². The highest BCUT2D eigenvalue weighted by Crippen LogP contribution is 2.15. The van der Waals surface area contributed by atoms with Gasteiger partial charge in [-0.15, -0.1) is 0 Å². The van der Waals surface area contributed by atoms with Gasteiger partial charge in [-0.1, -0.05) is 30.3 Å². The second-order valence-electron chi connectivity index (χ2n) is 4.56. The van der Waals surface area contributed by atoms with Gasteiger partial charge >= 0.3 is 5.97 Å². The van der Waals surface area contributed by atoms with Crippen LogP contribution in [0.1, 0.15) is 31.7 Å². The zero-order valence-corrected chi connectivity index (χ0v) is 11.0. The van der Waals surface area contributed by atoms with Crippen molar-refractivity contribution in [2.75, 3.05) is 13.2 Å². The van der Waals surface area contributed by atoms with E-state index in [9.17, 15) is 4.79 Å². The van der Waals surface area contributed by atoms with Crippen molar-refractivity contribution in [3.05, 3.63) is 35.9 Å². The Morgan fingerprint density at radius 2 is 2.00 bits per heavy atom. The summed E-state index contributed by atoms with van der Waals surface area (Å²) < 4.78 is 5.07. The number of aliphatic hydroxyl groups is 1. The second kappa shape index (κ2) is 8.70. The molecule has 0 radical (unpaired) electrons. The molecule has 0 saturated heterocycles. The third-order valence-electron chi connectivity index (χ3n) is 2.98.